The fourth-order valence-electron chi connectivity index (χ4n) is 1.66. The molecule has 1 amide bonds. The van der Waals surface area contributed by atoms with Gasteiger partial charge in [0.15, 0.2) is 0 Å². The molecule has 102 valence electrons. The molecule has 0 saturated heterocycles. The highest BCUT2D eigenvalue weighted by Gasteiger charge is 2.02. The summed E-state index contributed by atoms with van der Waals surface area (Å²) in [6.45, 7) is 0.615. The molecule has 2 aromatic carbocycles. The summed E-state index contributed by atoms with van der Waals surface area (Å²) in [6.07, 6.45) is 0.319. The Hall–Kier alpha value is -2.62. The second-order valence-electron chi connectivity index (χ2n) is 4.27. The van der Waals surface area contributed by atoms with E-state index in [2.05, 4.69) is 5.32 Å². The molecule has 0 atom stereocenters. The van der Waals surface area contributed by atoms with Gasteiger partial charge >= 0.3 is 6.09 Å². The number of benzene rings is 2. The number of hydrogen-bond donors (Lipinski definition) is 1. The molecule has 0 unspecified atom stereocenters. The number of carbonyl (C=O) groups excluding carboxylic acids is 2. The van der Waals surface area contributed by atoms with Crippen molar-refractivity contribution in [1.29, 1.82) is 0 Å². The minimum Gasteiger partial charge on any atom is -0.445 e. The summed E-state index contributed by atoms with van der Waals surface area (Å²) in [5, 5.41) is 2.66. The Morgan fingerprint density at radius 2 is 1.70 bits per heavy atom. The van der Waals surface area contributed by atoms with Crippen molar-refractivity contribution in [3.8, 4) is 0 Å². The van der Waals surface area contributed by atoms with Crippen LogP contribution in [0.1, 0.15) is 21.5 Å². The standard InChI is InChI=1S/C16H15NO3/c18-11-14-8-6-13(7-9-14)10-17-16(19)20-12-15-4-2-1-3-5-15/h1-9,11H,10,12H2,(H,17,19). The predicted octanol–water partition coefficient (Wildman–Crippen LogP) is 2.93. The van der Waals surface area contributed by atoms with Crippen LogP contribution in [0.4, 0.5) is 4.79 Å². The summed E-state index contributed by atoms with van der Waals surface area (Å²) in [4.78, 5) is 22.0. The SMILES string of the molecule is O=Cc1ccc(CNC(=O)OCc2ccccc2)cc1. The Morgan fingerprint density at radius 3 is 2.35 bits per heavy atom. The molecule has 0 radical (unpaired) electrons. The quantitative estimate of drug-likeness (QED) is 0.849. The van der Waals surface area contributed by atoms with E-state index in [0.717, 1.165) is 17.4 Å². The zero-order valence-corrected chi connectivity index (χ0v) is 10.9. The maximum atomic E-state index is 11.5. The van der Waals surface area contributed by atoms with Crippen LogP contribution in [0.25, 0.3) is 0 Å². The molecule has 0 aromatic heterocycles. The van der Waals surface area contributed by atoms with Crippen molar-refractivity contribution in [2.24, 2.45) is 0 Å². The highest BCUT2D eigenvalue weighted by atomic mass is 16.5. The monoisotopic (exact) mass is 269 g/mol. The maximum Gasteiger partial charge on any atom is 0.407 e. The van der Waals surface area contributed by atoms with E-state index in [9.17, 15) is 9.59 Å². The zero-order chi connectivity index (χ0) is 14.2. The second-order valence-corrected chi connectivity index (χ2v) is 4.27. The van der Waals surface area contributed by atoms with Gasteiger partial charge in [0.1, 0.15) is 12.9 Å². The molecule has 0 fully saturated rings. The van der Waals surface area contributed by atoms with Crippen LogP contribution in [0.15, 0.2) is 54.6 Å². The molecule has 2 aromatic rings. The Morgan fingerprint density at radius 1 is 1.00 bits per heavy atom. The van der Waals surface area contributed by atoms with Gasteiger partial charge in [-0.1, -0.05) is 54.6 Å². The lowest BCUT2D eigenvalue weighted by Gasteiger charge is -2.07. The van der Waals surface area contributed by atoms with Gasteiger partial charge in [-0.05, 0) is 11.1 Å². The summed E-state index contributed by atoms with van der Waals surface area (Å²) in [6, 6.07) is 16.5. The molecule has 0 aliphatic rings. The van der Waals surface area contributed by atoms with E-state index in [0.29, 0.717) is 12.1 Å². The molecule has 20 heavy (non-hydrogen) atoms. The van der Waals surface area contributed by atoms with Crippen molar-refractivity contribution in [2.45, 2.75) is 13.2 Å². The fraction of sp³-hybridized carbons (Fsp3) is 0.125. The lowest BCUT2D eigenvalue weighted by Crippen LogP contribution is -2.23. The molecular weight excluding hydrogens is 254 g/mol. The van der Waals surface area contributed by atoms with Crippen molar-refractivity contribution in [3.63, 3.8) is 0 Å². The zero-order valence-electron chi connectivity index (χ0n) is 10.9. The second kappa shape index (κ2) is 7.09. The topological polar surface area (TPSA) is 55.4 Å². The van der Waals surface area contributed by atoms with Crippen molar-refractivity contribution < 1.29 is 14.3 Å². The van der Waals surface area contributed by atoms with Gasteiger partial charge in [0.2, 0.25) is 0 Å². The van der Waals surface area contributed by atoms with E-state index in [1.807, 2.05) is 30.3 Å². The fourth-order valence-corrected chi connectivity index (χ4v) is 1.66. The normalized spacial score (nSPS) is 9.80. The number of alkyl carbamates (subject to hydrolysis) is 1. The minimum atomic E-state index is -0.465. The van der Waals surface area contributed by atoms with Gasteiger partial charge in [-0.3, -0.25) is 4.79 Å². The van der Waals surface area contributed by atoms with Gasteiger partial charge in [0, 0.05) is 12.1 Å². The first-order valence-corrected chi connectivity index (χ1v) is 6.26. The average molecular weight is 269 g/mol. The molecule has 1 N–H and O–H groups in total. The Balaban J connectivity index is 1.75. The van der Waals surface area contributed by atoms with Crippen LogP contribution < -0.4 is 5.32 Å². The summed E-state index contributed by atoms with van der Waals surface area (Å²) in [5.41, 5.74) is 2.46. The highest BCUT2D eigenvalue weighted by Crippen LogP contribution is 2.03. The smallest absolute Gasteiger partial charge is 0.407 e. The number of carbonyl (C=O) groups is 2. The van der Waals surface area contributed by atoms with Crippen LogP contribution >= 0.6 is 0 Å². The maximum absolute atomic E-state index is 11.5. The Bertz CT molecular complexity index is 564. The number of rotatable bonds is 5. The third-order valence-corrected chi connectivity index (χ3v) is 2.77. The molecule has 4 nitrogen and oxygen atoms in total. The first-order chi connectivity index (χ1) is 9.78. The minimum absolute atomic E-state index is 0.247. The van der Waals surface area contributed by atoms with Gasteiger partial charge in [-0.15, -0.1) is 0 Å². The summed E-state index contributed by atoms with van der Waals surface area (Å²) in [5.74, 6) is 0. The highest BCUT2D eigenvalue weighted by molar-refractivity contribution is 5.74. The van der Waals surface area contributed by atoms with E-state index >= 15 is 0 Å². The third-order valence-electron chi connectivity index (χ3n) is 2.77. The third kappa shape index (κ3) is 4.24. The molecule has 0 saturated carbocycles. The van der Waals surface area contributed by atoms with Gasteiger partial charge in [0.05, 0.1) is 0 Å². The number of amides is 1. The predicted molar refractivity (Wildman–Crippen MR) is 75.3 cm³/mol. The molecule has 0 spiro atoms. The van der Waals surface area contributed by atoms with E-state index in [1.54, 1.807) is 24.3 Å². The van der Waals surface area contributed by atoms with Crippen molar-refractivity contribution in [3.05, 3.63) is 71.3 Å². The lowest BCUT2D eigenvalue weighted by molar-refractivity contribution is 0.112. The van der Waals surface area contributed by atoms with E-state index in [4.69, 9.17) is 4.74 Å². The van der Waals surface area contributed by atoms with E-state index in [1.165, 1.54) is 0 Å². The summed E-state index contributed by atoms with van der Waals surface area (Å²) in [7, 11) is 0. The Labute approximate surface area is 117 Å². The molecule has 4 heteroatoms. The van der Waals surface area contributed by atoms with Crippen molar-refractivity contribution in [2.75, 3.05) is 0 Å². The van der Waals surface area contributed by atoms with E-state index < -0.39 is 6.09 Å². The van der Waals surface area contributed by atoms with Gasteiger partial charge < -0.3 is 10.1 Å². The van der Waals surface area contributed by atoms with Crippen LogP contribution in [-0.4, -0.2) is 12.4 Å². The average Bonchev–Trinajstić information content (AvgIpc) is 2.52. The lowest BCUT2D eigenvalue weighted by atomic mass is 10.1. The largest absolute Gasteiger partial charge is 0.445 e. The van der Waals surface area contributed by atoms with Gasteiger partial charge in [-0.25, -0.2) is 4.79 Å². The van der Waals surface area contributed by atoms with Crippen molar-refractivity contribution >= 4 is 12.4 Å². The van der Waals surface area contributed by atoms with Crippen molar-refractivity contribution in [1.82, 2.24) is 5.32 Å². The van der Waals surface area contributed by atoms with Crippen LogP contribution in [0.5, 0.6) is 0 Å². The molecule has 0 heterocycles. The number of nitrogens with one attached hydrogen (secondary N) is 1. The first-order valence-electron chi connectivity index (χ1n) is 6.26. The molecule has 0 aliphatic heterocycles. The summed E-state index contributed by atoms with van der Waals surface area (Å²) >= 11 is 0. The van der Waals surface area contributed by atoms with Crippen LogP contribution in [0.3, 0.4) is 0 Å². The van der Waals surface area contributed by atoms with E-state index in [-0.39, 0.29) is 6.61 Å². The van der Waals surface area contributed by atoms with Crippen LogP contribution in [0, 0.1) is 0 Å². The summed E-state index contributed by atoms with van der Waals surface area (Å²) < 4.78 is 5.09. The van der Waals surface area contributed by atoms with Gasteiger partial charge in [0.25, 0.3) is 0 Å². The van der Waals surface area contributed by atoms with Crippen LogP contribution in [-0.2, 0) is 17.9 Å². The molecular formula is C16H15NO3. The van der Waals surface area contributed by atoms with Gasteiger partial charge in [-0.2, -0.15) is 0 Å². The molecule has 0 bridgehead atoms. The molecule has 2 rings (SSSR count). The Kier molecular flexibility index (Phi) is 4.89. The molecule has 0 aliphatic carbocycles. The first kappa shape index (κ1) is 13.8. The number of ether oxygens (including phenoxy) is 1. The number of aldehydes is 1. The number of hydrogen-bond acceptors (Lipinski definition) is 3. The van der Waals surface area contributed by atoms with Crippen LogP contribution in [0.2, 0.25) is 0 Å².